The number of carbonyl (C=O) groups is 1. The first-order valence-corrected chi connectivity index (χ1v) is 8.45. The van der Waals surface area contributed by atoms with Crippen molar-refractivity contribution in [3.8, 4) is 5.75 Å². The summed E-state index contributed by atoms with van der Waals surface area (Å²) in [6, 6.07) is 11.0. The highest BCUT2D eigenvalue weighted by atomic mass is 16.5. The number of benzene rings is 1. The third-order valence-corrected chi connectivity index (χ3v) is 4.10. The molecule has 0 unspecified atom stereocenters. The molecule has 6 nitrogen and oxygen atoms in total. The molecule has 134 valence electrons. The molecule has 0 spiro atoms. The van der Waals surface area contributed by atoms with E-state index in [0.717, 1.165) is 29.0 Å². The lowest BCUT2D eigenvalue weighted by Gasteiger charge is -2.08. The molecule has 1 amide bonds. The fraction of sp³-hybridized carbons (Fsp3) is 0.250. The SMILES string of the molecule is Cc1noc(C)c1COc1ccc(C(=O)NCCc2cccnc2)cc1. The average Bonchev–Trinajstić information content (AvgIpc) is 2.99. The van der Waals surface area contributed by atoms with Crippen molar-refractivity contribution in [3.63, 3.8) is 0 Å². The van der Waals surface area contributed by atoms with Gasteiger partial charge < -0.3 is 14.6 Å². The van der Waals surface area contributed by atoms with Crippen molar-refractivity contribution in [2.24, 2.45) is 0 Å². The zero-order valence-corrected chi connectivity index (χ0v) is 14.9. The number of hydrogen-bond donors (Lipinski definition) is 1. The van der Waals surface area contributed by atoms with Crippen LogP contribution in [0.15, 0.2) is 53.3 Å². The van der Waals surface area contributed by atoms with Crippen molar-refractivity contribution >= 4 is 5.91 Å². The molecular weight excluding hydrogens is 330 g/mol. The maximum Gasteiger partial charge on any atom is 0.251 e. The van der Waals surface area contributed by atoms with Gasteiger partial charge in [0.1, 0.15) is 18.1 Å². The molecule has 6 heteroatoms. The molecule has 2 heterocycles. The number of aromatic nitrogens is 2. The van der Waals surface area contributed by atoms with E-state index in [0.29, 0.717) is 24.5 Å². The number of amides is 1. The van der Waals surface area contributed by atoms with Gasteiger partial charge in [0.25, 0.3) is 5.91 Å². The zero-order chi connectivity index (χ0) is 18.4. The van der Waals surface area contributed by atoms with Crippen molar-refractivity contribution in [3.05, 3.63) is 76.9 Å². The van der Waals surface area contributed by atoms with E-state index < -0.39 is 0 Å². The van der Waals surface area contributed by atoms with Gasteiger partial charge in [0.2, 0.25) is 0 Å². The van der Waals surface area contributed by atoms with Gasteiger partial charge in [0.05, 0.1) is 11.3 Å². The van der Waals surface area contributed by atoms with Gasteiger partial charge in [-0.2, -0.15) is 0 Å². The van der Waals surface area contributed by atoms with E-state index in [-0.39, 0.29) is 5.91 Å². The van der Waals surface area contributed by atoms with Crippen molar-refractivity contribution in [1.29, 1.82) is 0 Å². The Hall–Kier alpha value is -3.15. The first-order valence-electron chi connectivity index (χ1n) is 8.45. The predicted molar refractivity (Wildman–Crippen MR) is 97.0 cm³/mol. The average molecular weight is 351 g/mol. The Balaban J connectivity index is 1.49. The Labute approximate surface area is 152 Å². The topological polar surface area (TPSA) is 77.2 Å². The Morgan fingerprint density at radius 3 is 2.65 bits per heavy atom. The van der Waals surface area contributed by atoms with Crippen LogP contribution < -0.4 is 10.1 Å². The molecule has 0 atom stereocenters. The standard InChI is InChI=1S/C20H21N3O3/c1-14-19(15(2)26-23-14)13-25-18-7-5-17(6-8-18)20(24)22-11-9-16-4-3-10-21-12-16/h3-8,10,12H,9,11,13H2,1-2H3,(H,22,24). The van der Waals surface area contributed by atoms with E-state index in [1.54, 1.807) is 36.7 Å². The number of aryl methyl sites for hydroxylation is 2. The van der Waals surface area contributed by atoms with Gasteiger partial charge in [-0.25, -0.2) is 0 Å². The molecular formula is C20H21N3O3. The van der Waals surface area contributed by atoms with Crippen LogP contribution in [0.5, 0.6) is 5.75 Å². The summed E-state index contributed by atoms with van der Waals surface area (Å²) in [6.45, 7) is 4.69. The highest BCUT2D eigenvalue weighted by molar-refractivity contribution is 5.94. The summed E-state index contributed by atoms with van der Waals surface area (Å²) in [4.78, 5) is 16.3. The van der Waals surface area contributed by atoms with E-state index in [1.165, 1.54) is 0 Å². The van der Waals surface area contributed by atoms with E-state index in [4.69, 9.17) is 9.26 Å². The Morgan fingerprint density at radius 1 is 1.19 bits per heavy atom. The lowest BCUT2D eigenvalue weighted by Crippen LogP contribution is -2.25. The molecule has 0 saturated carbocycles. The fourth-order valence-corrected chi connectivity index (χ4v) is 2.53. The molecule has 3 rings (SSSR count). The molecule has 1 N–H and O–H groups in total. The van der Waals surface area contributed by atoms with Gasteiger partial charge in [0, 0.05) is 24.5 Å². The maximum atomic E-state index is 12.2. The molecule has 26 heavy (non-hydrogen) atoms. The molecule has 0 aliphatic carbocycles. The molecule has 1 aromatic carbocycles. The second-order valence-electron chi connectivity index (χ2n) is 5.98. The van der Waals surface area contributed by atoms with Gasteiger partial charge in [0.15, 0.2) is 0 Å². The van der Waals surface area contributed by atoms with Gasteiger partial charge in [-0.05, 0) is 56.2 Å². The summed E-state index contributed by atoms with van der Waals surface area (Å²) in [5, 5.41) is 6.81. The van der Waals surface area contributed by atoms with Crippen LogP contribution in [0.1, 0.15) is 32.9 Å². The Bertz CT molecular complexity index is 838. The highest BCUT2D eigenvalue weighted by Crippen LogP contribution is 2.18. The molecule has 0 fully saturated rings. The number of pyridine rings is 1. The highest BCUT2D eigenvalue weighted by Gasteiger charge is 2.10. The van der Waals surface area contributed by atoms with Crippen LogP contribution in [0.25, 0.3) is 0 Å². The zero-order valence-electron chi connectivity index (χ0n) is 14.9. The van der Waals surface area contributed by atoms with Crippen molar-refractivity contribution in [2.75, 3.05) is 6.54 Å². The van der Waals surface area contributed by atoms with Crippen LogP contribution >= 0.6 is 0 Å². The first kappa shape index (κ1) is 17.7. The lowest BCUT2D eigenvalue weighted by atomic mass is 10.2. The van der Waals surface area contributed by atoms with Crippen molar-refractivity contribution in [2.45, 2.75) is 26.9 Å². The summed E-state index contributed by atoms with van der Waals surface area (Å²) in [7, 11) is 0. The monoisotopic (exact) mass is 351 g/mol. The minimum absolute atomic E-state index is 0.105. The lowest BCUT2D eigenvalue weighted by molar-refractivity contribution is 0.0954. The molecule has 0 radical (unpaired) electrons. The van der Waals surface area contributed by atoms with E-state index in [2.05, 4.69) is 15.5 Å². The summed E-state index contributed by atoms with van der Waals surface area (Å²) in [5.41, 5.74) is 3.46. The molecule has 2 aromatic heterocycles. The maximum absolute atomic E-state index is 12.2. The normalized spacial score (nSPS) is 10.5. The van der Waals surface area contributed by atoms with E-state index in [1.807, 2.05) is 26.0 Å². The second kappa shape index (κ2) is 8.29. The Morgan fingerprint density at radius 2 is 2.00 bits per heavy atom. The first-order chi connectivity index (χ1) is 12.6. The van der Waals surface area contributed by atoms with Crippen LogP contribution in [-0.4, -0.2) is 22.6 Å². The van der Waals surface area contributed by atoms with Crippen LogP contribution in [0, 0.1) is 13.8 Å². The number of nitrogens with zero attached hydrogens (tertiary/aromatic N) is 2. The third-order valence-electron chi connectivity index (χ3n) is 4.10. The van der Waals surface area contributed by atoms with E-state index >= 15 is 0 Å². The molecule has 0 aliphatic heterocycles. The van der Waals surface area contributed by atoms with Gasteiger partial charge in [-0.1, -0.05) is 11.2 Å². The number of hydrogen-bond acceptors (Lipinski definition) is 5. The quantitative estimate of drug-likeness (QED) is 0.707. The van der Waals surface area contributed by atoms with Crippen molar-refractivity contribution < 1.29 is 14.1 Å². The van der Waals surface area contributed by atoms with Crippen LogP contribution in [-0.2, 0) is 13.0 Å². The van der Waals surface area contributed by atoms with Crippen molar-refractivity contribution in [1.82, 2.24) is 15.5 Å². The molecule has 0 saturated heterocycles. The number of carbonyl (C=O) groups excluding carboxylic acids is 1. The molecule has 3 aromatic rings. The minimum atomic E-state index is -0.105. The third kappa shape index (κ3) is 4.47. The number of nitrogens with one attached hydrogen (secondary N) is 1. The van der Waals surface area contributed by atoms with Gasteiger partial charge in [-0.15, -0.1) is 0 Å². The number of ether oxygens (including phenoxy) is 1. The fourth-order valence-electron chi connectivity index (χ4n) is 2.53. The molecule has 0 bridgehead atoms. The van der Waals surface area contributed by atoms with Crippen LogP contribution in [0.3, 0.4) is 0 Å². The van der Waals surface area contributed by atoms with Gasteiger partial charge in [-0.3, -0.25) is 9.78 Å². The summed E-state index contributed by atoms with van der Waals surface area (Å²) < 4.78 is 10.9. The van der Waals surface area contributed by atoms with E-state index in [9.17, 15) is 4.79 Å². The molecule has 0 aliphatic rings. The second-order valence-corrected chi connectivity index (χ2v) is 5.98. The largest absolute Gasteiger partial charge is 0.489 e. The smallest absolute Gasteiger partial charge is 0.251 e. The Kier molecular flexibility index (Phi) is 5.63. The summed E-state index contributed by atoms with van der Waals surface area (Å²) >= 11 is 0. The minimum Gasteiger partial charge on any atom is -0.489 e. The van der Waals surface area contributed by atoms with Gasteiger partial charge >= 0.3 is 0 Å². The van der Waals surface area contributed by atoms with Crippen LogP contribution in [0.2, 0.25) is 0 Å². The van der Waals surface area contributed by atoms with Crippen LogP contribution in [0.4, 0.5) is 0 Å². The summed E-state index contributed by atoms with van der Waals surface area (Å²) in [5.74, 6) is 1.34. The summed E-state index contributed by atoms with van der Waals surface area (Å²) in [6.07, 6.45) is 4.28. The number of rotatable bonds is 7. The predicted octanol–water partition coefficient (Wildman–Crippen LogP) is 3.24.